The van der Waals surface area contributed by atoms with Crippen LogP contribution in [0.1, 0.15) is 25.0 Å². The lowest BCUT2D eigenvalue weighted by Crippen LogP contribution is -2.14. The van der Waals surface area contributed by atoms with Gasteiger partial charge in [-0.05, 0) is 128 Å². The Kier molecular flexibility index (Phi) is 8.56. The molecule has 0 amide bonds. The van der Waals surface area contributed by atoms with E-state index in [1.165, 1.54) is 44.5 Å². The molecule has 0 unspecified atom stereocenters. The molecule has 0 aliphatic heterocycles. The largest absolute Gasteiger partial charge is 0.456 e. The number of para-hydroxylation sites is 2. The lowest BCUT2D eigenvalue weighted by molar-refractivity contribution is 0.660. The molecule has 0 bridgehead atoms. The smallest absolute Gasteiger partial charge is 0.145 e. The Balaban J connectivity index is 0.970. The summed E-state index contributed by atoms with van der Waals surface area (Å²) < 4.78 is 13.4. The summed E-state index contributed by atoms with van der Waals surface area (Å²) in [5.41, 5.74) is 21.0. The number of rotatable bonds is 7. The van der Waals surface area contributed by atoms with E-state index in [2.05, 4.69) is 231 Å². The molecular formula is C63H43NO2. The number of furan rings is 2. The molecule has 2 heterocycles. The fourth-order valence-electron chi connectivity index (χ4n) is 10.6. The van der Waals surface area contributed by atoms with Crippen molar-refractivity contribution >= 4 is 60.9 Å². The Morgan fingerprint density at radius 3 is 1.64 bits per heavy atom. The molecule has 0 N–H and O–H groups in total. The van der Waals surface area contributed by atoms with Gasteiger partial charge in [0.15, 0.2) is 0 Å². The first-order chi connectivity index (χ1) is 32.5. The summed E-state index contributed by atoms with van der Waals surface area (Å²) >= 11 is 0. The van der Waals surface area contributed by atoms with E-state index in [1.807, 2.05) is 12.1 Å². The third kappa shape index (κ3) is 5.97. The molecule has 1 aliphatic carbocycles. The molecule has 0 radical (unpaired) electrons. The molecule has 66 heavy (non-hydrogen) atoms. The Labute approximate surface area is 383 Å². The van der Waals surface area contributed by atoms with Crippen molar-refractivity contribution in [1.82, 2.24) is 0 Å². The maximum atomic E-state index is 6.99. The number of anilines is 3. The lowest BCUT2D eigenvalue weighted by atomic mass is 9.82. The van der Waals surface area contributed by atoms with Crippen molar-refractivity contribution in [2.24, 2.45) is 0 Å². The molecule has 12 aromatic rings. The van der Waals surface area contributed by atoms with Gasteiger partial charge in [-0.1, -0.05) is 172 Å². The highest BCUT2D eigenvalue weighted by Crippen LogP contribution is 2.51. The minimum atomic E-state index is -0.0329. The maximum Gasteiger partial charge on any atom is 0.145 e. The molecule has 0 saturated heterocycles. The van der Waals surface area contributed by atoms with Crippen LogP contribution in [0.3, 0.4) is 0 Å². The van der Waals surface area contributed by atoms with E-state index in [0.29, 0.717) is 0 Å². The second kappa shape index (κ2) is 14.8. The molecule has 0 saturated carbocycles. The average molecular weight is 846 g/mol. The van der Waals surface area contributed by atoms with E-state index in [9.17, 15) is 0 Å². The molecule has 10 aromatic carbocycles. The Hall–Kier alpha value is -8.40. The van der Waals surface area contributed by atoms with Crippen LogP contribution in [0.25, 0.3) is 99.5 Å². The van der Waals surface area contributed by atoms with E-state index in [4.69, 9.17) is 8.83 Å². The predicted octanol–water partition coefficient (Wildman–Crippen LogP) is 17.9. The van der Waals surface area contributed by atoms with Crippen molar-refractivity contribution in [3.63, 3.8) is 0 Å². The molecule has 0 fully saturated rings. The van der Waals surface area contributed by atoms with Crippen LogP contribution in [0.4, 0.5) is 17.1 Å². The van der Waals surface area contributed by atoms with Crippen LogP contribution in [0.15, 0.2) is 233 Å². The predicted molar refractivity (Wildman–Crippen MR) is 275 cm³/mol. The van der Waals surface area contributed by atoms with Gasteiger partial charge in [-0.3, -0.25) is 0 Å². The maximum absolute atomic E-state index is 6.99. The first kappa shape index (κ1) is 38.1. The quantitative estimate of drug-likeness (QED) is 0.160. The monoisotopic (exact) mass is 845 g/mol. The van der Waals surface area contributed by atoms with Gasteiger partial charge in [0.1, 0.15) is 22.3 Å². The molecule has 1 aliphatic rings. The summed E-state index contributed by atoms with van der Waals surface area (Å²) in [6.07, 6.45) is 0. The molecular weight excluding hydrogens is 803 g/mol. The average Bonchev–Trinajstić information content (AvgIpc) is 4.02. The van der Waals surface area contributed by atoms with Crippen LogP contribution in [0, 0.1) is 0 Å². The summed E-state index contributed by atoms with van der Waals surface area (Å²) in [5.74, 6) is 0. The second-order valence-corrected chi connectivity index (χ2v) is 18.0. The van der Waals surface area contributed by atoms with Crippen LogP contribution >= 0.6 is 0 Å². The van der Waals surface area contributed by atoms with Crippen molar-refractivity contribution in [3.8, 4) is 55.6 Å². The fourth-order valence-corrected chi connectivity index (χ4v) is 10.6. The fraction of sp³-hybridized carbons (Fsp3) is 0.0476. The minimum absolute atomic E-state index is 0.0329. The zero-order valence-electron chi connectivity index (χ0n) is 36.6. The standard InChI is InChI=1S/C63H43NO2/c1-63(2)55-21-11-8-18-49(55)54-38-43(29-36-56(54)63)42-26-32-46(33-27-42)64(45-30-24-41(25-31-45)40-14-4-3-5-15-40)57-37-35-52(62-61(57)53-20-10-13-23-59(53)66-62)48-17-7-6-16-47(48)44-28-34-51-50-19-9-12-22-58(50)65-60(51)39-44/h3-39H,1-2H3. The number of fused-ring (bicyclic) bond motifs is 9. The van der Waals surface area contributed by atoms with Gasteiger partial charge in [-0.25, -0.2) is 0 Å². The first-order valence-electron chi connectivity index (χ1n) is 22.7. The van der Waals surface area contributed by atoms with Gasteiger partial charge in [0.2, 0.25) is 0 Å². The summed E-state index contributed by atoms with van der Waals surface area (Å²) in [7, 11) is 0. The highest BCUT2D eigenvalue weighted by Gasteiger charge is 2.35. The van der Waals surface area contributed by atoms with Crippen LogP contribution in [-0.4, -0.2) is 0 Å². The third-order valence-electron chi connectivity index (χ3n) is 13.9. The van der Waals surface area contributed by atoms with Gasteiger partial charge in [-0.2, -0.15) is 0 Å². The lowest BCUT2D eigenvalue weighted by Gasteiger charge is -2.27. The van der Waals surface area contributed by atoms with Crippen molar-refractivity contribution in [3.05, 3.63) is 236 Å². The molecule has 3 nitrogen and oxygen atoms in total. The zero-order valence-corrected chi connectivity index (χ0v) is 36.6. The Morgan fingerprint density at radius 2 is 0.879 bits per heavy atom. The number of hydrogen-bond donors (Lipinski definition) is 0. The van der Waals surface area contributed by atoms with Crippen LogP contribution in [-0.2, 0) is 5.41 Å². The Morgan fingerprint density at radius 1 is 0.333 bits per heavy atom. The van der Waals surface area contributed by atoms with Crippen LogP contribution in [0.2, 0.25) is 0 Å². The van der Waals surface area contributed by atoms with Crippen molar-refractivity contribution in [1.29, 1.82) is 0 Å². The summed E-state index contributed by atoms with van der Waals surface area (Å²) in [5, 5.41) is 4.36. The highest BCUT2D eigenvalue weighted by atomic mass is 16.3. The van der Waals surface area contributed by atoms with E-state index in [1.54, 1.807) is 0 Å². The van der Waals surface area contributed by atoms with Crippen LogP contribution in [0.5, 0.6) is 0 Å². The van der Waals surface area contributed by atoms with Gasteiger partial charge >= 0.3 is 0 Å². The van der Waals surface area contributed by atoms with Gasteiger partial charge in [0.05, 0.1) is 11.1 Å². The SMILES string of the molecule is CC1(C)c2ccccc2-c2cc(-c3ccc(N(c4ccc(-c5ccccc5)cc4)c4ccc(-c5ccccc5-c5ccc6c(c5)oc5ccccc56)c5oc6ccccc6c45)cc3)ccc21. The van der Waals surface area contributed by atoms with Gasteiger partial charge < -0.3 is 13.7 Å². The summed E-state index contributed by atoms with van der Waals surface area (Å²) in [6.45, 7) is 4.67. The second-order valence-electron chi connectivity index (χ2n) is 18.0. The van der Waals surface area contributed by atoms with E-state index in [-0.39, 0.29) is 5.41 Å². The van der Waals surface area contributed by atoms with Crippen LogP contribution < -0.4 is 4.90 Å². The molecule has 312 valence electrons. The summed E-state index contributed by atoms with van der Waals surface area (Å²) in [6, 6.07) is 80.8. The zero-order chi connectivity index (χ0) is 43.9. The number of nitrogens with zero attached hydrogens (tertiary/aromatic N) is 1. The van der Waals surface area contributed by atoms with Gasteiger partial charge in [0, 0.05) is 38.5 Å². The molecule has 2 aromatic heterocycles. The Bertz CT molecular complexity index is 3830. The molecule has 0 spiro atoms. The van der Waals surface area contributed by atoms with E-state index >= 15 is 0 Å². The van der Waals surface area contributed by atoms with E-state index in [0.717, 1.165) is 83.2 Å². The van der Waals surface area contributed by atoms with Crippen molar-refractivity contribution in [2.45, 2.75) is 19.3 Å². The van der Waals surface area contributed by atoms with E-state index < -0.39 is 0 Å². The molecule has 0 atom stereocenters. The molecule has 3 heteroatoms. The van der Waals surface area contributed by atoms with Crippen molar-refractivity contribution in [2.75, 3.05) is 4.90 Å². The van der Waals surface area contributed by atoms with Crippen molar-refractivity contribution < 1.29 is 8.83 Å². The topological polar surface area (TPSA) is 29.5 Å². The molecule has 13 rings (SSSR count). The number of hydrogen-bond acceptors (Lipinski definition) is 3. The van der Waals surface area contributed by atoms with Gasteiger partial charge in [-0.15, -0.1) is 0 Å². The third-order valence-corrected chi connectivity index (χ3v) is 13.9. The normalized spacial score (nSPS) is 12.8. The summed E-state index contributed by atoms with van der Waals surface area (Å²) in [4.78, 5) is 2.38. The number of benzene rings is 10. The van der Waals surface area contributed by atoms with Gasteiger partial charge in [0.25, 0.3) is 0 Å². The minimum Gasteiger partial charge on any atom is -0.456 e. The highest BCUT2D eigenvalue weighted by molar-refractivity contribution is 6.18. The first-order valence-corrected chi connectivity index (χ1v) is 22.7.